The summed E-state index contributed by atoms with van der Waals surface area (Å²) in [7, 11) is 1.09. The molecular weight excluding hydrogens is 261 g/mol. The Morgan fingerprint density at radius 3 is 2.58 bits per heavy atom. The second-order valence-corrected chi connectivity index (χ2v) is 3.94. The Morgan fingerprint density at radius 2 is 2.16 bits per heavy atom. The Bertz CT molecular complexity index is 468. The zero-order valence-corrected chi connectivity index (χ0v) is 10.2. The Kier molecular flexibility index (Phi) is 4.95. The molecule has 0 bridgehead atoms. The molecule has 1 rings (SSSR count). The quantitative estimate of drug-likeness (QED) is 0.474. The lowest BCUT2D eigenvalue weighted by Gasteiger charge is -2.35. The molecule has 9 heteroatoms. The fraction of sp³-hybridized carbons (Fsp3) is 0.600. The van der Waals surface area contributed by atoms with Gasteiger partial charge in [0.2, 0.25) is 6.30 Å². The highest BCUT2D eigenvalue weighted by molar-refractivity contribution is 5.23. The van der Waals surface area contributed by atoms with E-state index in [0.29, 0.717) is 4.57 Å². The predicted octanol–water partition coefficient (Wildman–Crippen LogP) is -1.98. The van der Waals surface area contributed by atoms with Gasteiger partial charge in [-0.1, -0.05) is 0 Å². The summed E-state index contributed by atoms with van der Waals surface area (Å²) in [5, 5.41) is 28.1. The summed E-state index contributed by atoms with van der Waals surface area (Å²) < 4.78 is 19.3. The van der Waals surface area contributed by atoms with Crippen LogP contribution in [0.25, 0.3) is 0 Å². The van der Waals surface area contributed by atoms with Crippen molar-refractivity contribution in [2.75, 3.05) is 26.1 Å². The number of nitrogens with zero attached hydrogens (tertiary/aromatic N) is 2. The third-order valence-electron chi connectivity index (χ3n) is 2.86. The first-order chi connectivity index (χ1) is 8.91. The number of halogens is 1. The van der Waals surface area contributed by atoms with Crippen molar-refractivity contribution in [2.45, 2.75) is 18.0 Å². The van der Waals surface area contributed by atoms with Crippen LogP contribution < -0.4 is 11.4 Å². The van der Waals surface area contributed by atoms with Gasteiger partial charge in [-0.25, -0.2) is 9.18 Å². The SMILES string of the molecule is COC(CO)(CO)[C@@H](O)[C@@H](F)n1ccc(N)nc1=O. The van der Waals surface area contributed by atoms with E-state index in [1.54, 1.807) is 0 Å². The number of hydrogen-bond donors (Lipinski definition) is 4. The molecule has 8 nitrogen and oxygen atoms in total. The van der Waals surface area contributed by atoms with E-state index in [4.69, 9.17) is 20.7 Å². The van der Waals surface area contributed by atoms with Gasteiger partial charge in [0, 0.05) is 13.3 Å². The highest BCUT2D eigenvalue weighted by Gasteiger charge is 2.43. The lowest BCUT2D eigenvalue weighted by atomic mass is 9.97. The molecule has 0 radical (unpaired) electrons. The fourth-order valence-corrected chi connectivity index (χ4v) is 1.50. The minimum atomic E-state index is -2.26. The lowest BCUT2D eigenvalue weighted by Crippen LogP contribution is -2.54. The Balaban J connectivity index is 3.11. The van der Waals surface area contributed by atoms with Gasteiger partial charge < -0.3 is 25.8 Å². The Hall–Kier alpha value is -1.55. The molecule has 0 amide bonds. The average molecular weight is 277 g/mol. The van der Waals surface area contributed by atoms with Gasteiger partial charge in [-0.05, 0) is 6.07 Å². The van der Waals surface area contributed by atoms with Crippen LogP contribution >= 0.6 is 0 Å². The summed E-state index contributed by atoms with van der Waals surface area (Å²) in [6.45, 7) is -1.67. The zero-order chi connectivity index (χ0) is 14.6. The van der Waals surface area contributed by atoms with Crippen LogP contribution in [0, 0.1) is 0 Å². The molecule has 0 aliphatic heterocycles. The Morgan fingerprint density at radius 1 is 1.58 bits per heavy atom. The van der Waals surface area contributed by atoms with E-state index in [2.05, 4.69) is 4.98 Å². The van der Waals surface area contributed by atoms with Crippen molar-refractivity contribution in [3.8, 4) is 0 Å². The first-order valence-electron chi connectivity index (χ1n) is 5.35. The molecule has 1 aromatic heterocycles. The molecule has 5 N–H and O–H groups in total. The van der Waals surface area contributed by atoms with Crippen LogP contribution in [0.15, 0.2) is 17.1 Å². The first-order valence-corrected chi connectivity index (χ1v) is 5.35. The maximum absolute atomic E-state index is 14.1. The molecule has 0 fully saturated rings. The minimum Gasteiger partial charge on any atom is -0.393 e. The molecule has 0 spiro atoms. The van der Waals surface area contributed by atoms with Crippen molar-refractivity contribution in [2.24, 2.45) is 0 Å². The largest absolute Gasteiger partial charge is 0.393 e. The number of nitrogens with two attached hydrogens (primary N) is 1. The summed E-state index contributed by atoms with van der Waals surface area (Å²) in [6, 6.07) is 1.17. The van der Waals surface area contributed by atoms with Crippen molar-refractivity contribution >= 4 is 5.82 Å². The smallest absolute Gasteiger partial charge is 0.351 e. The fourth-order valence-electron chi connectivity index (χ4n) is 1.50. The molecule has 2 atom stereocenters. The molecule has 0 unspecified atom stereocenters. The standard InChI is InChI=1S/C10H16FN3O5/c1-19-10(4-15,5-16)7(17)8(11)14-3-2-6(12)13-9(14)18/h2-3,7-8,15-17H,4-5H2,1H3,(H2,12,13,18)/t7-,8-/m0/s1. The molecule has 0 aliphatic rings. The Labute approximate surface area is 107 Å². The van der Waals surface area contributed by atoms with E-state index in [-0.39, 0.29) is 5.82 Å². The van der Waals surface area contributed by atoms with E-state index in [1.165, 1.54) is 6.07 Å². The van der Waals surface area contributed by atoms with Gasteiger partial charge in [-0.15, -0.1) is 0 Å². The average Bonchev–Trinajstić information content (AvgIpc) is 2.40. The highest BCUT2D eigenvalue weighted by atomic mass is 19.1. The van der Waals surface area contributed by atoms with E-state index in [0.717, 1.165) is 13.3 Å². The van der Waals surface area contributed by atoms with Crippen molar-refractivity contribution in [1.82, 2.24) is 9.55 Å². The number of aromatic nitrogens is 2. The van der Waals surface area contributed by atoms with Crippen LogP contribution in [-0.4, -0.2) is 56.9 Å². The van der Waals surface area contributed by atoms with Gasteiger partial charge in [0.1, 0.15) is 17.5 Å². The summed E-state index contributed by atoms with van der Waals surface area (Å²) in [6.07, 6.45) is -3.23. The maximum atomic E-state index is 14.1. The normalized spacial score (nSPS) is 15.2. The first kappa shape index (κ1) is 15.5. The van der Waals surface area contributed by atoms with E-state index < -0.39 is 36.9 Å². The molecule has 0 saturated carbocycles. The number of hydrogen-bond acceptors (Lipinski definition) is 7. The van der Waals surface area contributed by atoms with E-state index >= 15 is 0 Å². The predicted molar refractivity (Wildman–Crippen MR) is 63.0 cm³/mol. The van der Waals surface area contributed by atoms with Crippen LogP contribution in [-0.2, 0) is 4.74 Å². The van der Waals surface area contributed by atoms with Crippen LogP contribution in [0.4, 0.5) is 10.2 Å². The summed E-state index contributed by atoms with van der Waals surface area (Å²) >= 11 is 0. The highest BCUT2D eigenvalue weighted by Crippen LogP contribution is 2.24. The van der Waals surface area contributed by atoms with Crippen molar-refractivity contribution in [3.05, 3.63) is 22.7 Å². The van der Waals surface area contributed by atoms with Gasteiger partial charge >= 0.3 is 5.69 Å². The van der Waals surface area contributed by atoms with E-state index in [1.807, 2.05) is 0 Å². The second-order valence-electron chi connectivity index (χ2n) is 3.94. The summed E-state index contributed by atoms with van der Waals surface area (Å²) in [5.74, 6) is -0.0924. The van der Waals surface area contributed by atoms with Crippen molar-refractivity contribution in [3.63, 3.8) is 0 Å². The zero-order valence-electron chi connectivity index (χ0n) is 10.2. The van der Waals surface area contributed by atoms with Crippen LogP contribution in [0.5, 0.6) is 0 Å². The number of ether oxygens (including phenoxy) is 1. The van der Waals surface area contributed by atoms with Crippen LogP contribution in [0.2, 0.25) is 0 Å². The molecular formula is C10H16FN3O5. The van der Waals surface area contributed by atoms with Gasteiger partial charge in [0.15, 0.2) is 0 Å². The third-order valence-corrected chi connectivity index (χ3v) is 2.86. The summed E-state index contributed by atoms with van der Waals surface area (Å²) in [5.41, 5.74) is 2.32. The second kappa shape index (κ2) is 6.06. The molecule has 19 heavy (non-hydrogen) atoms. The van der Waals surface area contributed by atoms with Gasteiger partial charge in [0.05, 0.1) is 13.2 Å². The minimum absolute atomic E-state index is 0.0924. The van der Waals surface area contributed by atoms with Crippen LogP contribution in [0.1, 0.15) is 6.30 Å². The monoisotopic (exact) mass is 277 g/mol. The number of alkyl halides is 1. The van der Waals surface area contributed by atoms with Crippen LogP contribution in [0.3, 0.4) is 0 Å². The van der Waals surface area contributed by atoms with Gasteiger partial charge in [-0.2, -0.15) is 4.98 Å². The maximum Gasteiger partial charge on any atom is 0.351 e. The topological polar surface area (TPSA) is 131 Å². The van der Waals surface area contributed by atoms with Crippen molar-refractivity contribution < 1.29 is 24.4 Å². The molecule has 1 aromatic rings. The number of aliphatic hydroxyl groups excluding tert-OH is 3. The van der Waals surface area contributed by atoms with Gasteiger partial charge in [0.25, 0.3) is 0 Å². The summed E-state index contributed by atoms with van der Waals surface area (Å²) in [4.78, 5) is 14.7. The lowest BCUT2D eigenvalue weighted by molar-refractivity contribution is -0.181. The molecule has 108 valence electrons. The number of nitrogen functional groups attached to an aromatic ring is 1. The number of aliphatic hydroxyl groups is 3. The molecule has 1 heterocycles. The molecule has 0 aliphatic carbocycles. The van der Waals surface area contributed by atoms with E-state index in [9.17, 15) is 14.3 Å². The molecule has 0 saturated heterocycles. The number of anilines is 1. The van der Waals surface area contributed by atoms with Gasteiger partial charge in [-0.3, -0.25) is 4.57 Å². The third kappa shape index (κ3) is 2.89. The van der Waals surface area contributed by atoms with Crippen molar-refractivity contribution in [1.29, 1.82) is 0 Å². The molecule has 0 aromatic carbocycles. The number of methoxy groups -OCH3 is 1. The number of rotatable bonds is 6.